The summed E-state index contributed by atoms with van der Waals surface area (Å²) in [4.78, 5) is 13.5. The van der Waals surface area contributed by atoms with E-state index in [2.05, 4.69) is 19.2 Å². The summed E-state index contributed by atoms with van der Waals surface area (Å²) in [5, 5.41) is 3.02. The molecule has 1 fully saturated rings. The third kappa shape index (κ3) is 3.78. The van der Waals surface area contributed by atoms with E-state index in [4.69, 9.17) is 0 Å². The van der Waals surface area contributed by atoms with Gasteiger partial charge in [-0.1, -0.05) is 6.92 Å². The number of urea groups is 1. The zero-order valence-corrected chi connectivity index (χ0v) is 9.90. The highest BCUT2D eigenvalue weighted by atomic mass is 32.2. The Hall–Kier alpha value is -0.380. The molecule has 4 heteroatoms. The van der Waals surface area contributed by atoms with Crippen LogP contribution in [-0.2, 0) is 0 Å². The zero-order valence-electron chi connectivity index (χ0n) is 9.08. The Bertz CT molecular complexity index is 181. The number of likely N-dealkylation sites (tertiary alicyclic amines) is 1. The van der Waals surface area contributed by atoms with Crippen molar-refractivity contribution in [2.75, 3.05) is 24.6 Å². The molecule has 1 rings (SSSR count). The van der Waals surface area contributed by atoms with E-state index in [0.29, 0.717) is 0 Å². The second-order valence-electron chi connectivity index (χ2n) is 3.70. The molecule has 1 aliphatic rings. The normalized spacial score (nSPS) is 18.3. The van der Waals surface area contributed by atoms with Gasteiger partial charge in [0.05, 0.1) is 0 Å². The summed E-state index contributed by atoms with van der Waals surface area (Å²) < 4.78 is 0. The van der Waals surface area contributed by atoms with Crippen LogP contribution >= 0.6 is 11.8 Å². The molecule has 0 saturated carbocycles. The van der Waals surface area contributed by atoms with Crippen molar-refractivity contribution in [2.24, 2.45) is 0 Å². The molecular formula is C10H20N2OS. The van der Waals surface area contributed by atoms with Gasteiger partial charge < -0.3 is 10.2 Å². The van der Waals surface area contributed by atoms with Gasteiger partial charge >= 0.3 is 6.03 Å². The minimum Gasteiger partial charge on any atom is -0.335 e. The van der Waals surface area contributed by atoms with Crippen molar-refractivity contribution in [3.63, 3.8) is 0 Å². The quantitative estimate of drug-likeness (QED) is 0.779. The molecule has 1 aliphatic heterocycles. The molecule has 1 heterocycles. The van der Waals surface area contributed by atoms with Gasteiger partial charge in [-0.05, 0) is 25.5 Å². The minimum atomic E-state index is 0.117. The van der Waals surface area contributed by atoms with E-state index in [0.717, 1.165) is 37.4 Å². The molecule has 3 nitrogen and oxygen atoms in total. The minimum absolute atomic E-state index is 0.117. The molecule has 0 bridgehead atoms. The van der Waals surface area contributed by atoms with Crippen molar-refractivity contribution in [3.05, 3.63) is 0 Å². The van der Waals surface area contributed by atoms with Crippen LogP contribution in [0.2, 0.25) is 0 Å². The lowest BCUT2D eigenvalue weighted by Crippen LogP contribution is -2.43. The molecule has 1 atom stereocenters. The first-order chi connectivity index (χ1) is 6.74. The lowest BCUT2D eigenvalue weighted by molar-refractivity contribution is 0.206. The summed E-state index contributed by atoms with van der Waals surface area (Å²) in [7, 11) is 0. The highest BCUT2D eigenvalue weighted by Crippen LogP contribution is 2.08. The third-order valence-electron chi connectivity index (χ3n) is 2.34. The van der Waals surface area contributed by atoms with Crippen molar-refractivity contribution in [1.82, 2.24) is 10.2 Å². The Morgan fingerprint density at radius 1 is 1.50 bits per heavy atom. The van der Waals surface area contributed by atoms with Crippen LogP contribution in [0.1, 0.15) is 26.7 Å². The maximum absolute atomic E-state index is 11.6. The van der Waals surface area contributed by atoms with Crippen LogP contribution in [0.25, 0.3) is 0 Å². The van der Waals surface area contributed by atoms with Gasteiger partial charge in [0.2, 0.25) is 0 Å². The maximum atomic E-state index is 11.6. The molecule has 14 heavy (non-hydrogen) atoms. The van der Waals surface area contributed by atoms with E-state index >= 15 is 0 Å². The second-order valence-corrected chi connectivity index (χ2v) is 5.02. The number of carbonyl (C=O) groups is 1. The predicted molar refractivity (Wildman–Crippen MR) is 61.8 cm³/mol. The molecule has 82 valence electrons. The Morgan fingerprint density at radius 2 is 2.14 bits per heavy atom. The fourth-order valence-corrected chi connectivity index (χ4v) is 2.23. The lowest BCUT2D eigenvalue weighted by Gasteiger charge is -2.20. The zero-order chi connectivity index (χ0) is 10.4. The number of carbonyl (C=O) groups excluding carboxylic acids is 1. The number of hydrogen-bond donors (Lipinski definition) is 1. The van der Waals surface area contributed by atoms with Crippen LogP contribution in [-0.4, -0.2) is 41.6 Å². The van der Waals surface area contributed by atoms with Crippen molar-refractivity contribution in [3.8, 4) is 0 Å². The molecule has 0 aliphatic carbocycles. The summed E-state index contributed by atoms with van der Waals surface area (Å²) in [6.45, 7) is 6.06. The summed E-state index contributed by atoms with van der Waals surface area (Å²) in [6, 6.07) is 0.403. The van der Waals surface area contributed by atoms with Crippen molar-refractivity contribution in [1.29, 1.82) is 0 Å². The number of thioether (sulfide) groups is 1. The van der Waals surface area contributed by atoms with E-state index in [1.54, 1.807) is 0 Å². The van der Waals surface area contributed by atoms with E-state index in [1.807, 2.05) is 16.7 Å². The predicted octanol–water partition coefficient (Wildman–Crippen LogP) is 1.93. The SMILES string of the molecule is CCSCC(C)NC(=O)N1CCCC1. The highest BCUT2D eigenvalue weighted by Gasteiger charge is 2.18. The molecule has 0 radical (unpaired) electrons. The van der Waals surface area contributed by atoms with Gasteiger partial charge in [-0.15, -0.1) is 0 Å². The lowest BCUT2D eigenvalue weighted by atomic mass is 10.4. The molecular weight excluding hydrogens is 196 g/mol. The topological polar surface area (TPSA) is 32.3 Å². The Morgan fingerprint density at radius 3 is 2.71 bits per heavy atom. The molecule has 2 amide bonds. The molecule has 1 unspecified atom stereocenters. The average Bonchev–Trinajstić information content (AvgIpc) is 2.67. The van der Waals surface area contributed by atoms with E-state index < -0.39 is 0 Å². The summed E-state index contributed by atoms with van der Waals surface area (Å²) in [6.07, 6.45) is 2.32. The first kappa shape index (κ1) is 11.7. The molecule has 0 aromatic heterocycles. The standard InChI is InChI=1S/C10H20N2OS/c1-3-14-8-9(2)11-10(13)12-6-4-5-7-12/h9H,3-8H2,1-2H3,(H,11,13). The summed E-state index contributed by atoms with van der Waals surface area (Å²) in [5.41, 5.74) is 0. The number of rotatable bonds is 4. The largest absolute Gasteiger partial charge is 0.335 e. The molecule has 1 saturated heterocycles. The summed E-state index contributed by atoms with van der Waals surface area (Å²) >= 11 is 1.87. The van der Waals surface area contributed by atoms with Crippen LogP contribution in [0, 0.1) is 0 Å². The van der Waals surface area contributed by atoms with Gasteiger partial charge in [0, 0.05) is 24.9 Å². The average molecular weight is 216 g/mol. The fraction of sp³-hybridized carbons (Fsp3) is 0.900. The maximum Gasteiger partial charge on any atom is 0.317 e. The Labute approximate surface area is 90.6 Å². The van der Waals surface area contributed by atoms with Gasteiger partial charge in [-0.3, -0.25) is 0 Å². The smallest absolute Gasteiger partial charge is 0.317 e. The number of nitrogens with one attached hydrogen (secondary N) is 1. The van der Waals surface area contributed by atoms with Gasteiger partial charge in [-0.25, -0.2) is 4.79 Å². The van der Waals surface area contributed by atoms with Gasteiger partial charge in [-0.2, -0.15) is 11.8 Å². The second kappa shape index (κ2) is 6.17. The third-order valence-corrected chi connectivity index (χ3v) is 3.48. The first-order valence-electron chi connectivity index (χ1n) is 5.37. The van der Waals surface area contributed by atoms with Gasteiger partial charge in [0.15, 0.2) is 0 Å². The van der Waals surface area contributed by atoms with E-state index in [1.165, 1.54) is 0 Å². The molecule has 0 aromatic carbocycles. The summed E-state index contributed by atoms with van der Waals surface area (Å²) in [5.74, 6) is 2.13. The van der Waals surface area contributed by atoms with Gasteiger partial charge in [0.1, 0.15) is 0 Å². The first-order valence-corrected chi connectivity index (χ1v) is 6.52. The van der Waals surface area contributed by atoms with Crippen molar-refractivity contribution < 1.29 is 4.79 Å². The number of amides is 2. The number of nitrogens with zero attached hydrogens (tertiary/aromatic N) is 1. The van der Waals surface area contributed by atoms with Crippen LogP contribution in [0.4, 0.5) is 4.79 Å². The van der Waals surface area contributed by atoms with Gasteiger partial charge in [0.25, 0.3) is 0 Å². The van der Waals surface area contributed by atoms with Crippen LogP contribution < -0.4 is 5.32 Å². The Balaban J connectivity index is 2.18. The van der Waals surface area contributed by atoms with Crippen LogP contribution in [0.15, 0.2) is 0 Å². The molecule has 0 spiro atoms. The monoisotopic (exact) mass is 216 g/mol. The van der Waals surface area contributed by atoms with Crippen LogP contribution in [0.5, 0.6) is 0 Å². The van der Waals surface area contributed by atoms with E-state index in [-0.39, 0.29) is 12.1 Å². The molecule has 0 aromatic rings. The fourth-order valence-electron chi connectivity index (χ4n) is 1.56. The van der Waals surface area contributed by atoms with Crippen molar-refractivity contribution in [2.45, 2.75) is 32.7 Å². The number of hydrogen-bond acceptors (Lipinski definition) is 2. The highest BCUT2D eigenvalue weighted by molar-refractivity contribution is 7.99. The van der Waals surface area contributed by atoms with E-state index in [9.17, 15) is 4.79 Å². The van der Waals surface area contributed by atoms with Crippen molar-refractivity contribution >= 4 is 17.8 Å². The molecule has 1 N–H and O–H groups in total. The van der Waals surface area contributed by atoms with Crippen LogP contribution in [0.3, 0.4) is 0 Å². The Kier molecular flexibility index (Phi) is 5.15.